The van der Waals surface area contributed by atoms with Crippen molar-refractivity contribution in [1.29, 1.82) is 0 Å². The Bertz CT molecular complexity index is 368. The first-order chi connectivity index (χ1) is 7.43. The molecule has 2 aliphatic heterocycles. The van der Waals surface area contributed by atoms with Gasteiger partial charge in [-0.2, -0.15) is 0 Å². The maximum Gasteiger partial charge on any atom is 0.156 e. The lowest BCUT2D eigenvalue weighted by Crippen LogP contribution is -2.48. The van der Waals surface area contributed by atoms with Gasteiger partial charge in [0.15, 0.2) is 5.82 Å². The zero-order valence-electron chi connectivity index (χ0n) is 8.39. The van der Waals surface area contributed by atoms with Crippen molar-refractivity contribution in [2.75, 3.05) is 26.3 Å². The summed E-state index contributed by atoms with van der Waals surface area (Å²) in [7, 11) is 0. The number of imidazole rings is 1. The smallest absolute Gasteiger partial charge is 0.156 e. The Kier molecular flexibility index (Phi) is 2.15. The predicted molar refractivity (Wildman–Crippen MR) is 54.7 cm³/mol. The van der Waals surface area contributed by atoms with E-state index in [9.17, 15) is 0 Å². The van der Waals surface area contributed by atoms with Crippen LogP contribution in [0, 0.1) is 0 Å². The van der Waals surface area contributed by atoms with Gasteiger partial charge in [-0.05, 0) is 0 Å². The topological polar surface area (TPSA) is 56.8 Å². The fraction of sp³-hybridized carbons (Fsp3) is 0.556. The Morgan fingerprint density at radius 2 is 2.20 bits per heavy atom. The van der Waals surface area contributed by atoms with Crippen molar-refractivity contribution in [3.63, 3.8) is 0 Å². The molecule has 3 rings (SSSR count). The molecule has 0 spiro atoms. The minimum atomic E-state index is 0.789. The number of hydrazine groups is 1. The Balaban J connectivity index is 1.74. The van der Waals surface area contributed by atoms with Crippen LogP contribution in [0.25, 0.3) is 0 Å². The number of aromatic nitrogens is 2. The summed E-state index contributed by atoms with van der Waals surface area (Å²) in [5.74, 6) is 0.875. The second-order valence-electron chi connectivity index (χ2n) is 3.61. The van der Waals surface area contributed by atoms with E-state index in [4.69, 9.17) is 4.74 Å². The molecule has 1 N–H and O–H groups in total. The molecule has 0 amide bonds. The van der Waals surface area contributed by atoms with Crippen LogP contribution < -0.4 is 0 Å². The summed E-state index contributed by atoms with van der Waals surface area (Å²) in [5.41, 5.74) is 1.00. The first-order valence-electron chi connectivity index (χ1n) is 5.09. The second kappa shape index (κ2) is 3.63. The molecule has 1 aromatic rings. The molecule has 0 radical (unpaired) electrons. The number of morpholine rings is 1. The highest BCUT2D eigenvalue weighted by Crippen LogP contribution is 2.20. The van der Waals surface area contributed by atoms with E-state index < -0.39 is 0 Å². The summed E-state index contributed by atoms with van der Waals surface area (Å²) >= 11 is 0. The number of fused-ring (bicyclic) bond motifs is 1. The highest BCUT2D eigenvalue weighted by molar-refractivity contribution is 5.63. The molecule has 0 bridgehead atoms. The van der Waals surface area contributed by atoms with E-state index in [1.54, 1.807) is 6.33 Å². The monoisotopic (exact) mass is 207 g/mol. The molecule has 0 atom stereocenters. The number of hydrogen-bond acceptors (Lipinski definition) is 5. The van der Waals surface area contributed by atoms with Gasteiger partial charge in [-0.15, -0.1) is 0 Å². The number of H-pyrrole nitrogens is 1. The van der Waals surface area contributed by atoms with Crippen molar-refractivity contribution in [2.45, 2.75) is 6.54 Å². The fourth-order valence-corrected chi connectivity index (χ4v) is 1.85. The van der Waals surface area contributed by atoms with Crippen LogP contribution in [0.3, 0.4) is 0 Å². The standard InChI is InChI=1S/C9H13N5O/c1-3-15-4-2-13(1)14-5-8-9(12-7-14)11-6-10-8/h6-7H,1-5H2,(H,10,11). The molecule has 80 valence electrons. The fourth-order valence-electron chi connectivity index (χ4n) is 1.85. The average Bonchev–Trinajstić information content (AvgIpc) is 2.77. The third-order valence-corrected chi connectivity index (χ3v) is 2.68. The van der Waals surface area contributed by atoms with Gasteiger partial charge in [0, 0.05) is 13.1 Å². The zero-order chi connectivity index (χ0) is 10.1. The van der Waals surface area contributed by atoms with Gasteiger partial charge in [-0.3, -0.25) is 5.01 Å². The lowest BCUT2D eigenvalue weighted by molar-refractivity contribution is -0.0522. The van der Waals surface area contributed by atoms with Crippen LogP contribution in [0.4, 0.5) is 5.82 Å². The van der Waals surface area contributed by atoms with Crippen LogP contribution in [0.5, 0.6) is 0 Å². The molecule has 0 aromatic carbocycles. The van der Waals surface area contributed by atoms with E-state index in [0.717, 1.165) is 44.4 Å². The van der Waals surface area contributed by atoms with Crippen molar-refractivity contribution in [3.05, 3.63) is 12.0 Å². The summed E-state index contributed by atoms with van der Waals surface area (Å²) in [5, 5.41) is 4.34. The van der Waals surface area contributed by atoms with E-state index in [1.807, 2.05) is 6.34 Å². The Hall–Kier alpha value is -1.40. The van der Waals surface area contributed by atoms with Crippen LogP contribution >= 0.6 is 0 Å². The van der Waals surface area contributed by atoms with Crippen molar-refractivity contribution >= 4 is 12.2 Å². The first kappa shape index (κ1) is 8.87. The number of nitrogens with one attached hydrogen (secondary N) is 1. The Labute approximate surface area is 87.5 Å². The molecule has 1 fully saturated rings. The van der Waals surface area contributed by atoms with Crippen LogP contribution in [-0.4, -0.2) is 52.6 Å². The predicted octanol–water partition coefficient (Wildman–Crippen LogP) is 0.132. The molecule has 0 aliphatic carbocycles. The summed E-state index contributed by atoms with van der Waals surface area (Å²) in [6.45, 7) is 4.22. The van der Waals surface area contributed by atoms with Gasteiger partial charge in [0.25, 0.3) is 0 Å². The quantitative estimate of drug-likeness (QED) is 0.711. The second-order valence-corrected chi connectivity index (χ2v) is 3.61. The van der Waals surface area contributed by atoms with Gasteiger partial charge in [-0.1, -0.05) is 0 Å². The minimum Gasteiger partial charge on any atom is -0.379 e. The van der Waals surface area contributed by atoms with Crippen LogP contribution in [0.2, 0.25) is 0 Å². The molecular formula is C9H13N5O. The summed E-state index contributed by atoms with van der Waals surface area (Å²) < 4.78 is 5.31. The number of ether oxygens (including phenoxy) is 1. The number of rotatable bonds is 1. The number of aliphatic imine (C=N–C) groups is 1. The normalized spacial score (nSPS) is 21.7. The van der Waals surface area contributed by atoms with Crippen molar-refractivity contribution in [3.8, 4) is 0 Å². The van der Waals surface area contributed by atoms with Gasteiger partial charge >= 0.3 is 0 Å². The average molecular weight is 207 g/mol. The third kappa shape index (κ3) is 1.62. The molecular weight excluding hydrogens is 194 g/mol. The molecule has 6 nitrogen and oxygen atoms in total. The van der Waals surface area contributed by atoms with Gasteiger partial charge in [0.2, 0.25) is 0 Å². The number of nitrogens with zero attached hydrogens (tertiary/aromatic N) is 4. The highest BCUT2D eigenvalue weighted by Gasteiger charge is 2.21. The van der Waals surface area contributed by atoms with Crippen LogP contribution in [0.15, 0.2) is 11.3 Å². The van der Waals surface area contributed by atoms with E-state index in [1.165, 1.54) is 0 Å². The van der Waals surface area contributed by atoms with Crippen molar-refractivity contribution < 1.29 is 4.74 Å². The van der Waals surface area contributed by atoms with E-state index in [0.29, 0.717) is 0 Å². The van der Waals surface area contributed by atoms with Crippen LogP contribution in [-0.2, 0) is 11.3 Å². The lowest BCUT2D eigenvalue weighted by atomic mass is 10.4. The molecule has 2 aliphatic rings. The molecule has 0 saturated carbocycles. The molecule has 1 aromatic heterocycles. The lowest BCUT2D eigenvalue weighted by Gasteiger charge is -2.36. The zero-order valence-corrected chi connectivity index (χ0v) is 8.39. The Morgan fingerprint density at radius 1 is 1.33 bits per heavy atom. The van der Waals surface area contributed by atoms with Crippen LogP contribution in [0.1, 0.15) is 5.69 Å². The van der Waals surface area contributed by atoms with E-state index in [2.05, 4.69) is 25.0 Å². The van der Waals surface area contributed by atoms with E-state index >= 15 is 0 Å². The number of hydrogen-bond donors (Lipinski definition) is 1. The Morgan fingerprint density at radius 3 is 3.07 bits per heavy atom. The van der Waals surface area contributed by atoms with Gasteiger partial charge in [0.05, 0.1) is 26.1 Å². The largest absolute Gasteiger partial charge is 0.379 e. The molecule has 1 saturated heterocycles. The minimum absolute atomic E-state index is 0.789. The summed E-state index contributed by atoms with van der Waals surface area (Å²) in [6.07, 6.45) is 3.54. The maximum absolute atomic E-state index is 5.31. The van der Waals surface area contributed by atoms with E-state index in [-0.39, 0.29) is 0 Å². The molecule has 6 heteroatoms. The SMILES string of the molecule is C1=Nc2[nH]cnc2CN1N1CCOCC1. The summed E-state index contributed by atoms with van der Waals surface area (Å²) in [4.78, 5) is 11.5. The molecule has 3 heterocycles. The van der Waals surface area contributed by atoms with Gasteiger partial charge in [0.1, 0.15) is 12.0 Å². The maximum atomic E-state index is 5.31. The first-order valence-corrected chi connectivity index (χ1v) is 5.09. The third-order valence-electron chi connectivity index (χ3n) is 2.68. The summed E-state index contributed by atoms with van der Waals surface area (Å²) in [6, 6.07) is 0. The molecule has 15 heavy (non-hydrogen) atoms. The van der Waals surface area contributed by atoms with Gasteiger partial charge < -0.3 is 9.72 Å². The highest BCUT2D eigenvalue weighted by atomic mass is 16.5. The number of aromatic amines is 1. The molecule has 0 unspecified atom stereocenters. The van der Waals surface area contributed by atoms with Gasteiger partial charge in [-0.25, -0.2) is 15.0 Å². The van der Waals surface area contributed by atoms with Crippen molar-refractivity contribution in [2.24, 2.45) is 4.99 Å². The van der Waals surface area contributed by atoms with Crippen molar-refractivity contribution in [1.82, 2.24) is 20.0 Å².